The second-order valence-electron chi connectivity index (χ2n) is 5.31. The van der Waals surface area contributed by atoms with E-state index in [-0.39, 0.29) is 5.95 Å². The number of aromatic amines is 1. The second-order valence-corrected chi connectivity index (χ2v) is 5.31. The predicted molar refractivity (Wildman–Crippen MR) is 91.6 cm³/mol. The van der Waals surface area contributed by atoms with Gasteiger partial charge in [0, 0.05) is 11.4 Å². The molecule has 0 saturated heterocycles. The molecule has 3 N–H and O–H groups in total. The molecule has 0 aliphatic rings. The third kappa shape index (κ3) is 3.94. The molecule has 0 aliphatic heterocycles. The maximum Gasteiger partial charge on any atom is 0.351 e. The zero-order valence-corrected chi connectivity index (χ0v) is 12.9. The van der Waals surface area contributed by atoms with Crippen LogP contribution < -0.4 is 16.3 Å². The first-order valence-corrected chi connectivity index (χ1v) is 7.24. The summed E-state index contributed by atoms with van der Waals surface area (Å²) in [6.45, 7) is 4.02. The fourth-order valence-corrected chi connectivity index (χ4v) is 2.04. The topological polar surface area (TPSA) is 82.7 Å². The number of hydrogen-bond acceptors (Lipinski definition) is 5. The van der Waals surface area contributed by atoms with Crippen molar-refractivity contribution in [1.29, 1.82) is 0 Å². The fourth-order valence-electron chi connectivity index (χ4n) is 2.04. The highest BCUT2D eigenvalue weighted by molar-refractivity contribution is 5.57. The van der Waals surface area contributed by atoms with Gasteiger partial charge in [0.15, 0.2) is 0 Å². The Balaban J connectivity index is 1.82. The van der Waals surface area contributed by atoms with Gasteiger partial charge in [-0.2, -0.15) is 9.97 Å². The monoisotopic (exact) mass is 307 g/mol. The molecular formula is C17H17N5O. The van der Waals surface area contributed by atoms with Crippen molar-refractivity contribution in [3.63, 3.8) is 0 Å². The predicted octanol–water partition coefficient (Wildman–Crippen LogP) is 3.27. The second kappa shape index (κ2) is 6.31. The van der Waals surface area contributed by atoms with E-state index in [2.05, 4.69) is 25.6 Å². The fraction of sp³-hybridized carbons (Fsp3) is 0.118. The maximum atomic E-state index is 11.7. The van der Waals surface area contributed by atoms with Crippen LogP contribution in [0.3, 0.4) is 0 Å². The van der Waals surface area contributed by atoms with Gasteiger partial charge in [0.05, 0.1) is 0 Å². The van der Waals surface area contributed by atoms with Gasteiger partial charge in [-0.1, -0.05) is 35.4 Å². The summed E-state index contributed by atoms with van der Waals surface area (Å²) >= 11 is 0. The molecule has 0 atom stereocenters. The van der Waals surface area contributed by atoms with Gasteiger partial charge in [-0.15, -0.1) is 0 Å². The van der Waals surface area contributed by atoms with Crippen molar-refractivity contribution in [3.8, 4) is 0 Å². The van der Waals surface area contributed by atoms with Gasteiger partial charge >= 0.3 is 5.69 Å². The molecule has 0 spiro atoms. The number of benzene rings is 2. The molecule has 6 heteroatoms. The Hall–Kier alpha value is -3.15. The molecular weight excluding hydrogens is 290 g/mol. The van der Waals surface area contributed by atoms with Gasteiger partial charge in [0.1, 0.15) is 0 Å². The number of nitrogens with zero attached hydrogens (tertiary/aromatic N) is 2. The zero-order valence-electron chi connectivity index (χ0n) is 12.9. The SMILES string of the molecule is Cc1ccc(Nc2nc(Nc3ccc(C)cc3)[nH]c(=O)n2)cc1. The number of anilines is 4. The van der Waals surface area contributed by atoms with Crippen LogP contribution >= 0.6 is 0 Å². The van der Waals surface area contributed by atoms with Crippen molar-refractivity contribution in [2.24, 2.45) is 0 Å². The first-order valence-electron chi connectivity index (χ1n) is 7.24. The number of hydrogen-bond donors (Lipinski definition) is 3. The standard InChI is InChI=1S/C17H17N5O/c1-11-3-7-13(8-4-11)18-15-20-16(22-17(23)21-15)19-14-9-5-12(2)6-10-14/h3-10H,1-2H3,(H3,18,19,20,21,22,23). The van der Waals surface area contributed by atoms with Crippen molar-refractivity contribution < 1.29 is 0 Å². The van der Waals surface area contributed by atoms with E-state index in [0.717, 1.165) is 22.5 Å². The maximum absolute atomic E-state index is 11.7. The van der Waals surface area contributed by atoms with Crippen molar-refractivity contribution in [2.75, 3.05) is 10.6 Å². The molecule has 6 nitrogen and oxygen atoms in total. The molecule has 3 aromatic rings. The lowest BCUT2D eigenvalue weighted by Gasteiger charge is -2.08. The van der Waals surface area contributed by atoms with Crippen LogP contribution in [-0.2, 0) is 0 Å². The largest absolute Gasteiger partial charge is 0.351 e. The lowest BCUT2D eigenvalue weighted by atomic mass is 10.2. The molecule has 0 amide bonds. The highest BCUT2D eigenvalue weighted by atomic mass is 16.1. The van der Waals surface area contributed by atoms with Crippen LogP contribution in [0.25, 0.3) is 0 Å². The van der Waals surface area contributed by atoms with Gasteiger partial charge in [-0.25, -0.2) is 4.79 Å². The average Bonchev–Trinajstić information content (AvgIpc) is 2.51. The minimum atomic E-state index is -0.468. The Bertz CT molecular complexity index is 785. The van der Waals surface area contributed by atoms with Crippen LogP contribution in [0.1, 0.15) is 11.1 Å². The molecule has 3 rings (SSSR count). The third-order valence-electron chi connectivity index (χ3n) is 3.27. The Morgan fingerprint density at radius 2 is 1.30 bits per heavy atom. The average molecular weight is 307 g/mol. The molecule has 1 heterocycles. The molecule has 0 unspecified atom stereocenters. The number of aromatic nitrogens is 3. The highest BCUT2D eigenvalue weighted by Gasteiger charge is 2.04. The van der Waals surface area contributed by atoms with E-state index in [0.29, 0.717) is 5.95 Å². The van der Waals surface area contributed by atoms with Crippen LogP contribution in [0.2, 0.25) is 0 Å². The van der Waals surface area contributed by atoms with E-state index < -0.39 is 5.69 Å². The van der Waals surface area contributed by atoms with Crippen molar-refractivity contribution in [3.05, 3.63) is 70.1 Å². The van der Waals surface area contributed by atoms with Gasteiger partial charge in [-0.3, -0.25) is 4.98 Å². The molecule has 2 aromatic carbocycles. The quantitative estimate of drug-likeness (QED) is 0.689. The number of rotatable bonds is 4. The molecule has 0 radical (unpaired) electrons. The van der Waals surface area contributed by atoms with Gasteiger partial charge in [0.25, 0.3) is 0 Å². The van der Waals surface area contributed by atoms with Crippen LogP contribution in [-0.4, -0.2) is 15.0 Å². The summed E-state index contributed by atoms with van der Waals surface area (Å²) in [5.74, 6) is 0.579. The zero-order chi connectivity index (χ0) is 16.2. The van der Waals surface area contributed by atoms with E-state index in [1.165, 1.54) is 0 Å². The number of nitrogens with one attached hydrogen (secondary N) is 3. The molecule has 0 aliphatic carbocycles. The van der Waals surface area contributed by atoms with Crippen molar-refractivity contribution >= 4 is 23.3 Å². The van der Waals surface area contributed by atoms with E-state index in [1.54, 1.807) is 0 Å². The minimum absolute atomic E-state index is 0.243. The molecule has 0 bridgehead atoms. The summed E-state index contributed by atoms with van der Waals surface area (Å²) < 4.78 is 0. The van der Waals surface area contributed by atoms with Crippen LogP contribution in [0.5, 0.6) is 0 Å². The lowest BCUT2D eigenvalue weighted by molar-refractivity contribution is 1.00. The molecule has 23 heavy (non-hydrogen) atoms. The molecule has 116 valence electrons. The van der Waals surface area contributed by atoms with Crippen LogP contribution in [0, 0.1) is 13.8 Å². The molecule has 0 saturated carbocycles. The summed E-state index contributed by atoms with van der Waals surface area (Å²) in [7, 11) is 0. The lowest BCUT2D eigenvalue weighted by Crippen LogP contribution is -2.16. The number of aryl methyl sites for hydroxylation is 2. The first kappa shape index (κ1) is 14.8. The summed E-state index contributed by atoms with van der Waals surface area (Å²) in [4.78, 5) is 22.4. The van der Waals surface area contributed by atoms with Crippen molar-refractivity contribution in [1.82, 2.24) is 15.0 Å². The molecule has 1 aromatic heterocycles. The van der Waals surface area contributed by atoms with Gasteiger partial charge < -0.3 is 10.6 Å². The van der Waals surface area contributed by atoms with E-state index in [1.807, 2.05) is 62.4 Å². The van der Waals surface area contributed by atoms with Gasteiger partial charge in [0.2, 0.25) is 11.9 Å². The van der Waals surface area contributed by atoms with E-state index >= 15 is 0 Å². The summed E-state index contributed by atoms with van der Waals surface area (Å²) in [5, 5.41) is 6.09. The summed E-state index contributed by atoms with van der Waals surface area (Å²) in [6.07, 6.45) is 0. The Morgan fingerprint density at radius 1 is 0.783 bits per heavy atom. The Kier molecular flexibility index (Phi) is 4.05. The molecule has 0 fully saturated rings. The van der Waals surface area contributed by atoms with Crippen molar-refractivity contribution in [2.45, 2.75) is 13.8 Å². The highest BCUT2D eigenvalue weighted by Crippen LogP contribution is 2.16. The normalized spacial score (nSPS) is 10.3. The third-order valence-corrected chi connectivity index (χ3v) is 3.27. The Labute approximate surface area is 133 Å². The van der Waals surface area contributed by atoms with Gasteiger partial charge in [-0.05, 0) is 38.1 Å². The van der Waals surface area contributed by atoms with Crippen LogP contribution in [0.15, 0.2) is 53.3 Å². The first-order chi connectivity index (χ1) is 11.1. The minimum Gasteiger partial charge on any atom is -0.326 e. The Morgan fingerprint density at radius 3 is 1.87 bits per heavy atom. The van der Waals surface area contributed by atoms with E-state index in [4.69, 9.17) is 0 Å². The summed E-state index contributed by atoms with van der Waals surface area (Å²) in [6, 6.07) is 15.6. The van der Waals surface area contributed by atoms with E-state index in [9.17, 15) is 4.79 Å². The summed E-state index contributed by atoms with van der Waals surface area (Å²) in [5.41, 5.74) is 3.51. The smallest absolute Gasteiger partial charge is 0.326 e. The number of H-pyrrole nitrogens is 1. The van der Waals surface area contributed by atoms with Crippen LogP contribution in [0.4, 0.5) is 23.3 Å².